The van der Waals surface area contributed by atoms with Crippen LogP contribution < -0.4 is 4.72 Å². The molecule has 1 rings (SSSR count). The summed E-state index contributed by atoms with van der Waals surface area (Å²) in [7, 11) is -2.99. The molecular weight excluding hydrogens is 212 g/mol. The molecule has 1 aliphatic heterocycles. The standard InChI is InChI=1S/C10H22N2O2S/c1-2-15(13,14)11-7-6-10-12-8-4-3-5-9-12/h11H,2-10H2,1H3. The third-order valence-electron chi connectivity index (χ3n) is 2.80. The highest BCUT2D eigenvalue weighted by molar-refractivity contribution is 7.89. The van der Waals surface area contributed by atoms with Crippen LogP contribution in [0.5, 0.6) is 0 Å². The van der Waals surface area contributed by atoms with Gasteiger partial charge in [-0.3, -0.25) is 0 Å². The lowest BCUT2D eigenvalue weighted by atomic mass is 10.1. The van der Waals surface area contributed by atoms with Crippen molar-refractivity contribution in [2.45, 2.75) is 32.6 Å². The Bertz CT molecular complexity index is 259. The number of piperidine rings is 1. The highest BCUT2D eigenvalue weighted by Crippen LogP contribution is 2.08. The molecule has 1 saturated heterocycles. The first kappa shape index (κ1) is 12.9. The first-order valence-corrected chi connectivity index (χ1v) is 7.49. The van der Waals surface area contributed by atoms with Crippen LogP contribution in [0.15, 0.2) is 0 Å². The molecule has 0 bridgehead atoms. The lowest BCUT2D eigenvalue weighted by Crippen LogP contribution is -2.33. The van der Waals surface area contributed by atoms with Gasteiger partial charge in [-0.1, -0.05) is 6.42 Å². The molecule has 15 heavy (non-hydrogen) atoms. The fraction of sp³-hybridized carbons (Fsp3) is 1.00. The number of sulfonamides is 1. The van der Waals surface area contributed by atoms with E-state index in [0.29, 0.717) is 6.54 Å². The van der Waals surface area contributed by atoms with Gasteiger partial charge in [0.25, 0.3) is 0 Å². The summed E-state index contributed by atoms with van der Waals surface area (Å²) in [6.07, 6.45) is 4.85. The van der Waals surface area contributed by atoms with E-state index in [9.17, 15) is 8.42 Å². The highest BCUT2D eigenvalue weighted by atomic mass is 32.2. The molecule has 0 aliphatic carbocycles. The summed E-state index contributed by atoms with van der Waals surface area (Å²) in [5.41, 5.74) is 0. The second-order valence-corrected chi connectivity index (χ2v) is 6.15. The lowest BCUT2D eigenvalue weighted by molar-refractivity contribution is 0.227. The molecule has 1 aliphatic rings. The summed E-state index contributed by atoms with van der Waals surface area (Å²) < 4.78 is 24.8. The van der Waals surface area contributed by atoms with Gasteiger partial charge < -0.3 is 4.90 Å². The van der Waals surface area contributed by atoms with Crippen LogP contribution in [0.25, 0.3) is 0 Å². The molecular formula is C10H22N2O2S. The summed E-state index contributed by atoms with van der Waals surface area (Å²) in [5, 5.41) is 0. The van der Waals surface area contributed by atoms with Gasteiger partial charge in [0, 0.05) is 6.54 Å². The van der Waals surface area contributed by atoms with E-state index in [-0.39, 0.29) is 5.75 Å². The second kappa shape index (κ2) is 6.45. The molecule has 0 aromatic rings. The predicted molar refractivity (Wildman–Crippen MR) is 62.4 cm³/mol. The molecule has 1 N–H and O–H groups in total. The monoisotopic (exact) mass is 234 g/mol. The van der Waals surface area contributed by atoms with Crippen LogP contribution >= 0.6 is 0 Å². The molecule has 0 aromatic heterocycles. The minimum absolute atomic E-state index is 0.177. The third-order valence-corrected chi connectivity index (χ3v) is 4.21. The van der Waals surface area contributed by atoms with Gasteiger partial charge in [0.05, 0.1) is 5.75 Å². The van der Waals surface area contributed by atoms with Crippen molar-refractivity contribution >= 4 is 10.0 Å². The zero-order valence-corrected chi connectivity index (χ0v) is 10.4. The van der Waals surface area contributed by atoms with Crippen molar-refractivity contribution in [3.05, 3.63) is 0 Å². The quantitative estimate of drug-likeness (QED) is 0.692. The van der Waals surface area contributed by atoms with Crippen molar-refractivity contribution in [3.8, 4) is 0 Å². The largest absolute Gasteiger partial charge is 0.303 e. The Hall–Kier alpha value is -0.130. The van der Waals surface area contributed by atoms with E-state index in [1.54, 1.807) is 6.92 Å². The van der Waals surface area contributed by atoms with E-state index in [0.717, 1.165) is 13.0 Å². The van der Waals surface area contributed by atoms with Gasteiger partial charge in [-0.2, -0.15) is 0 Å². The molecule has 0 atom stereocenters. The first-order chi connectivity index (χ1) is 7.14. The molecule has 0 unspecified atom stereocenters. The van der Waals surface area contributed by atoms with E-state index in [2.05, 4.69) is 9.62 Å². The highest BCUT2D eigenvalue weighted by Gasteiger charge is 2.10. The molecule has 1 heterocycles. The molecule has 0 spiro atoms. The fourth-order valence-corrected chi connectivity index (χ4v) is 2.47. The Balaban J connectivity index is 2.06. The van der Waals surface area contributed by atoms with Crippen LogP contribution in [0, 0.1) is 0 Å². The number of likely N-dealkylation sites (tertiary alicyclic amines) is 1. The maximum atomic E-state index is 11.1. The predicted octanol–water partition coefficient (Wildman–Crippen LogP) is 0.802. The van der Waals surface area contributed by atoms with Gasteiger partial charge >= 0.3 is 0 Å². The second-order valence-electron chi connectivity index (χ2n) is 4.05. The van der Waals surface area contributed by atoms with Crippen LogP contribution in [-0.2, 0) is 10.0 Å². The van der Waals surface area contributed by atoms with E-state index in [1.807, 2.05) is 0 Å². The average molecular weight is 234 g/mol. The molecule has 90 valence electrons. The van der Waals surface area contributed by atoms with Gasteiger partial charge in [-0.15, -0.1) is 0 Å². The van der Waals surface area contributed by atoms with Crippen molar-refractivity contribution in [1.82, 2.24) is 9.62 Å². The molecule has 0 radical (unpaired) electrons. The number of hydrogen-bond donors (Lipinski definition) is 1. The lowest BCUT2D eigenvalue weighted by Gasteiger charge is -2.26. The molecule has 1 fully saturated rings. The Kier molecular flexibility index (Phi) is 5.56. The van der Waals surface area contributed by atoms with Gasteiger partial charge in [-0.25, -0.2) is 13.1 Å². The number of nitrogens with one attached hydrogen (secondary N) is 1. The van der Waals surface area contributed by atoms with Gasteiger partial charge in [0.2, 0.25) is 10.0 Å². The third kappa shape index (κ3) is 5.49. The minimum atomic E-state index is -2.99. The van der Waals surface area contributed by atoms with Crippen LogP contribution in [-0.4, -0.2) is 45.2 Å². The van der Waals surface area contributed by atoms with Crippen molar-refractivity contribution in [2.75, 3.05) is 31.9 Å². The fourth-order valence-electron chi connectivity index (χ4n) is 1.82. The van der Waals surface area contributed by atoms with Crippen LogP contribution in [0.2, 0.25) is 0 Å². The maximum Gasteiger partial charge on any atom is 0.211 e. The van der Waals surface area contributed by atoms with Crippen LogP contribution in [0.1, 0.15) is 32.6 Å². The van der Waals surface area contributed by atoms with Gasteiger partial charge in [-0.05, 0) is 45.8 Å². The van der Waals surface area contributed by atoms with Crippen molar-refractivity contribution < 1.29 is 8.42 Å². The Labute approximate surface area is 93.1 Å². The number of nitrogens with zero attached hydrogens (tertiary/aromatic N) is 1. The molecule has 4 nitrogen and oxygen atoms in total. The summed E-state index contributed by atoms with van der Waals surface area (Å²) in [6.45, 7) is 5.62. The zero-order valence-electron chi connectivity index (χ0n) is 9.54. The molecule has 0 amide bonds. The van der Waals surface area contributed by atoms with E-state index < -0.39 is 10.0 Å². The van der Waals surface area contributed by atoms with Crippen molar-refractivity contribution in [2.24, 2.45) is 0 Å². The molecule has 0 aromatic carbocycles. The van der Waals surface area contributed by atoms with Crippen LogP contribution in [0.3, 0.4) is 0 Å². The van der Waals surface area contributed by atoms with E-state index in [4.69, 9.17) is 0 Å². The Morgan fingerprint density at radius 3 is 2.47 bits per heavy atom. The van der Waals surface area contributed by atoms with E-state index >= 15 is 0 Å². The van der Waals surface area contributed by atoms with E-state index in [1.165, 1.54) is 32.4 Å². The van der Waals surface area contributed by atoms with Crippen molar-refractivity contribution in [3.63, 3.8) is 0 Å². The molecule has 5 heteroatoms. The average Bonchev–Trinajstić information content (AvgIpc) is 2.26. The Morgan fingerprint density at radius 2 is 1.87 bits per heavy atom. The summed E-state index contributed by atoms with van der Waals surface area (Å²) in [5.74, 6) is 0.177. The number of hydrogen-bond acceptors (Lipinski definition) is 3. The Morgan fingerprint density at radius 1 is 1.20 bits per heavy atom. The zero-order chi connectivity index (χ0) is 11.1. The topological polar surface area (TPSA) is 49.4 Å². The summed E-state index contributed by atoms with van der Waals surface area (Å²) >= 11 is 0. The van der Waals surface area contributed by atoms with Crippen LogP contribution in [0.4, 0.5) is 0 Å². The smallest absolute Gasteiger partial charge is 0.211 e. The minimum Gasteiger partial charge on any atom is -0.303 e. The SMILES string of the molecule is CCS(=O)(=O)NCCCN1CCCCC1. The van der Waals surface area contributed by atoms with Gasteiger partial charge in [0.15, 0.2) is 0 Å². The summed E-state index contributed by atoms with van der Waals surface area (Å²) in [4.78, 5) is 2.42. The number of rotatable bonds is 6. The first-order valence-electron chi connectivity index (χ1n) is 5.84. The van der Waals surface area contributed by atoms with Gasteiger partial charge in [0.1, 0.15) is 0 Å². The molecule has 0 saturated carbocycles. The van der Waals surface area contributed by atoms with Crippen molar-refractivity contribution in [1.29, 1.82) is 0 Å². The summed E-state index contributed by atoms with van der Waals surface area (Å²) in [6, 6.07) is 0. The maximum absolute atomic E-state index is 11.1. The normalized spacial score (nSPS) is 19.3.